The number of benzene rings is 1. The van der Waals surface area contributed by atoms with Crippen LogP contribution in [-0.4, -0.2) is 30.6 Å². The Labute approximate surface area is 153 Å². The average molecular weight is 349 g/mol. The van der Waals surface area contributed by atoms with Gasteiger partial charge in [0.15, 0.2) is 0 Å². The van der Waals surface area contributed by atoms with Crippen LogP contribution in [-0.2, 0) is 0 Å². The lowest BCUT2D eigenvalue weighted by Gasteiger charge is -2.34. The van der Waals surface area contributed by atoms with Gasteiger partial charge >= 0.3 is 6.03 Å². The standard InChI is InChI=1S/C20H23N5O/c1-15-6-8-18(9-7-15)24-20(26)23-13-16-4-3-11-25(14-16)19-17(12-21)5-2-10-22-19/h2,5-10,16H,3-4,11,13-14H2,1H3,(H2,23,24,26)/t16-/m1/s1. The minimum absolute atomic E-state index is 0.193. The van der Waals surface area contributed by atoms with Gasteiger partial charge in [-0.25, -0.2) is 9.78 Å². The van der Waals surface area contributed by atoms with E-state index >= 15 is 0 Å². The van der Waals surface area contributed by atoms with Gasteiger partial charge in [-0.05, 0) is 49.9 Å². The van der Waals surface area contributed by atoms with Gasteiger partial charge in [0.1, 0.15) is 11.9 Å². The van der Waals surface area contributed by atoms with E-state index in [0.29, 0.717) is 18.0 Å². The molecule has 6 heteroatoms. The summed E-state index contributed by atoms with van der Waals surface area (Å²) in [6.45, 7) is 4.29. The summed E-state index contributed by atoms with van der Waals surface area (Å²) in [5, 5.41) is 15.1. The molecule has 134 valence electrons. The van der Waals surface area contributed by atoms with E-state index in [1.807, 2.05) is 31.2 Å². The van der Waals surface area contributed by atoms with Crippen LogP contribution in [0.15, 0.2) is 42.6 Å². The molecule has 1 saturated heterocycles. The molecular formula is C20H23N5O. The number of amides is 2. The Kier molecular flexibility index (Phi) is 5.69. The molecule has 6 nitrogen and oxygen atoms in total. The maximum Gasteiger partial charge on any atom is 0.319 e. The van der Waals surface area contributed by atoms with E-state index in [1.165, 1.54) is 0 Å². The third kappa shape index (κ3) is 4.51. The Bertz CT molecular complexity index is 797. The molecule has 0 unspecified atom stereocenters. The second kappa shape index (κ2) is 8.34. The molecule has 2 heterocycles. The van der Waals surface area contributed by atoms with Crippen LogP contribution in [0.25, 0.3) is 0 Å². The first-order valence-electron chi connectivity index (χ1n) is 8.87. The Hall–Kier alpha value is -3.07. The topological polar surface area (TPSA) is 81.1 Å². The molecule has 1 fully saturated rings. The van der Waals surface area contributed by atoms with Crippen molar-refractivity contribution in [1.29, 1.82) is 5.26 Å². The Morgan fingerprint density at radius 2 is 2.15 bits per heavy atom. The summed E-state index contributed by atoms with van der Waals surface area (Å²) in [6.07, 6.45) is 3.79. The molecular weight excluding hydrogens is 326 g/mol. The summed E-state index contributed by atoms with van der Waals surface area (Å²) in [7, 11) is 0. The monoisotopic (exact) mass is 349 g/mol. The van der Waals surface area contributed by atoms with E-state index in [1.54, 1.807) is 18.3 Å². The van der Waals surface area contributed by atoms with Crippen LogP contribution in [0.4, 0.5) is 16.3 Å². The van der Waals surface area contributed by atoms with E-state index in [9.17, 15) is 10.1 Å². The Morgan fingerprint density at radius 1 is 1.35 bits per heavy atom. The van der Waals surface area contributed by atoms with E-state index in [0.717, 1.165) is 43.0 Å². The predicted octanol–water partition coefficient (Wildman–Crippen LogP) is 3.30. The number of rotatable bonds is 4. The van der Waals surface area contributed by atoms with Crippen molar-refractivity contribution >= 4 is 17.5 Å². The number of pyridine rings is 1. The van der Waals surface area contributed by atoms with Crippen LogP contribution in [0.1, 0.15) is 24.0 Å². The number of urea groups is 1. The normalized spacial score (nSPS) is 16.6. The molecule has 2 aromatic rings. The number of hydrogen-bond acceptors (Lipinski definition) is 4. The number of anilines is 2. The van der Waals surface area contributed by atoms with Crippen LogP contribution in [0.3, 0.4) is 0 Å². The zero-order chi connectivity index (χ0) is 18.4. The number of aryl methyl sites for hydroxylation is 1. The molecule has 2 amide bonds. The second-order valence-electron chi connectivity index (χ2n) is 6.64. The SMILES string of the molecule is Cc1ccc(NC(=O)NC[C@H]2CCCN(c3ncccc3C#N)C2)cc1. The molecule has 2 N–H and O–H groups in total. The van der Waals surface area contributed by atoms with Gasteiger partial charge in [-0.2, -0.15) is 5.26 Å². The highest BCUT2D eigenvalue weighted by Crippen LogP contribution is 2.23. The van der Waals surface area contributed by atoms with Crippen LogP contribution < -0.4 is 15.5 Å². The van der Waals surface area contributed by atoms with Crippen LogP contribution in [0.2, 0.25) is 0 Å². The summed E-state index contributed by atoms with van der Waals surface area (Å²) >= 11 is 0. The maximum atomic E-state index is 12.1. The lowest BCUT2D eigenvalue weighted by molar-refractivity contribution is 0.249. The van der Waals surface area contributed by atoms with Gasteiger partial charge in [-0.15, -0.1) is 0 Å². The van der Waals surface area contributed by atoms with Gasteiger partial charge in [0.2, 0.25) is 0 Å². The third-order valence-electron chi connectivity index (χ3n) is 4.59. The van der Waals surface area contributed by atoms with Crippen molar-refractivity contribution in [3.8, 4) is 6.07 Å². The zero-order valence-corrected chi connectivity index (χ0v) is 14.9. The van der Waals surface area contributed by atoms with Gasteiger partial charge in [-0.3, -0.25) is 0 Å². The number of nitrogens with one attached hydrogen (secondary N) is 2. The van der Waals surface area contributed by atoms with Crippen LogP contribution in [0, 0.1) is 24.2 Å². The van der Waals surface area contributed by atoms with E-state index < -0.39 is 0 Å². The maximum absolute atomic E-state index is 12.1. The van der Waals surface area contributed by atoms with Gasteiger partial charge in [0.05, 0.1) is 5.56 Å². The fourth-order valence-corrected chi connectivity index (χ4v) is 3.21. The second-order valence-corrected chi connectivity index (χ2v) is 6.64. The molecule has 26 heavy (non-hydrogen) atoms. The summed E-state index contributed by atoms with van der Waals surface area (Å²) in [5.74, 6) is 1.07. The van der Waals surface area contributed by atoms with Crippen molar-refractivity contribution in [2.75, 3.05) is 29.9 Å². The Morgan fingerprint density at radius 3 is 2.92 bits per heavy atom. The number of piperidine rings is 1. The quantitative estimate of drug-likeness (QED) is 0.887. The van der Waals surface area contributed by atoms with Crippen molar-refractivity contribution in [3.05, 3.63) is 53.7 Å². The van der Waals surface area contributed by atoms with Gasteiger partial charge in [0, 0.05) is 31.5 Å². The molecule has 0 radical (unpaired) electrons. The predicted molar refractivity (Wildman–Crippen MR) is 102 cm³/mol. The number of carbonyl (C=O) groups is 1. The van der Waals surface area contributed by atoms with E-state index in [-0.39, 0.29) is 6.03 Å². The molecule has 1 aliphatic heterocycles. The molecule has 0 saturated carbocycles. The smallest absolute Gasteiger partial charge is 0.319 e. The van der Waals surface area contributed by atoms with Gasteiger partial charge in [-0.1, -0.05) is 17.7 Å². The highest BCUT2D eigenvalue weighted by Gasteiger charge is 2.23. The van der Waals surface area contributed by atoms with Crippen molar-refractivity contribution in [3.63, 3.8) is 0 Å². The fourth-order valence-electron chi connectivity index (χ4n) is 3.21. The first kappa shape index (κ1) is 17.7. The third-order valence-corrected chi connectivity index (χ3v) is 4.59. The van der Waals surface area contributed by atoms with Crippen molar-refractivity contribution in [2.24, 2.45) is 5.92 Å². The highest BCUT2D eigenvalue weighted by molar-refractivity contribution is 5.89. The average Bonchev–Trinajstić information content (AvgIpc) is 2.68. The molecule has 1 aromatic carbocycles. The minimum Gasteiger partial charge on any atom is -0.355 e. The minimum atomic E-state index is -0.193. The van der Waals surface area contributed by atoms with Gasteiger partial charge in [0.25, 0.3) is 0 Å². The summed E-state index contributed by atoms with van der Waals surface area (Å²) in [4.78, 5) is 18.6. The summed E-state index contributed by atoms with van der Waals surface area (Å²) in [5.41, 5.74) is 2.54. The Balaban J connectivity index is 1.53. The van der Waals surface area contributed by atoms with E-state index in [4.69, 9.17) is 0 Å². The van der Waals surface area contributed by atoms with Crippen molar-refractivity contribution in [1.82, 2.24) is 10.3 Å². The fraction of sp³-hybridized carbons (Fsp3) is 0.350. The number of hydrogen-bond donors (Lipinski definition) is 2. The number of nitrogens with zero attached hydrogens (tertiary/aromatic N) is 3. The number of aromatic nitrogens is 1. The lowest BCUT2D eigenvalue weighted by Crippen LogP contribution is -2.42. The van der Waals surface area contributed by atoms with Crippen molar-refractivity contribution in [2.45, 2.75) is 19.8 Å². The molecule has 3 rings (SSSR count). The first-order chi connectivity index (χ1) is 12.7. The number of nitriles is 1. The molecule has 1 aromatic heterocycles. The lowest BCUT2D eigenvalue weighted by atomic mass is 9.97. The van der Waals surface area contributed by atoms with E-state index in [2.05, 4.69) is 26.6 Å². The molecule has 0 aliphatic carbocycles. The summed E-state index contributed by atoms with van der Waals surface area (Å²) < 4.78 is 0. The first-order valence-corrected chi connectivity index (χ1v) is 8.87. The largest absolute Gasteiger partial charge is 0.355 e. The van der Waals surface area contributed by atoms with Crippen molar-refractivity contribution < 1.29 is 4.79 Å². The zero-order valence-electron chi connectivity index (χ0n) is 14.9. The molecule has 0 bridgehead atoms. The molecule has 0 spiro atoms. The van der Waals surface area contributed by atoms with Gasteiger partial charge < -0.3 is 15.5 Å². The highest BCUT2D eigenvalue weighted by atomic mass is 16.2. The van der Waals surface area contributed by atoms with Crippen LogP contribution in [0.5, 0.6) is 0 Å². The number of carbonyl (C=O) groups excluding carboxylic acids is 1. The molecule has 1 atom stereocenters. The molecule has 1 aliphatic rings. The van der Waals surface area contributed by atoms with Crippen LogP contribution >= 0.6 is 0 Å². The summed E-state index contributed by atoms with van der Waals surface area (Å²) in [6, 6.07) is 13.3.